The van der Waals surface area contributed by atoms with Crippen LogP contribution < -0.4 is 9.47 Å². The largest absolute Gasteiger partial charge is 0.430 e. The predicted octanol–water partition coefficient (Wildman–Crippen LogP) is 5.18. The molecule has 1 atom stereocenters. The topological polar surface area (TPSA) is 47.9 Å². The number of para-hydroxylation sites is 2. The molecule has 5 heteroatoms. The van der Waals surface area contributed by atoms with Crippen molar-refractivity contribution in [2.75, 3.05) is 0 Å². The second-order valence-corrected chi connectivity index (χ2v) is 6.09. The molecule has 0 radical (unpaired) electrons. The maximum atomic E-state index is 10.5. The van der Waals surface area contributed by atoms with Gasteiger partial charge in [-0.2, -0.15) is 0 Å². The van der Waals surface area contributed by atoms with Crippen LogP contribution in [0.25, 0.3) is 0 Å². The van der Waals surface area contributed by atoms with Crippen molar-refractivity contribution >= 4 is 11.6 Å². The van der Waals surface area contributed by atoms with Crippen LogP contribution in [0.5, 0.6) is 11.5 Å². The van der Waals surface area contributed by atoms with E-state index in [0.29, 0.717) is 22.1 Å². The highest BCUT2D eigenvalue weighted by Gasteiger charge is 2.34. The number of halogens is 1. The molecule has 0 aliphatic heterocycles. The van der Waals surface area contributed by atoms with Gasteiger partial charge >= 0.3 is 5.97 Å². The highest BCUT2D eigenvalue weighted by atomic mass is 35.5. The van der Waals surface area contributed by atoms with E-state index in [1.807, 2.05) is 36.4 Å². The van der Waals surface area contributed by atoms with Gasteiger partial charge < -0.3 is 14.6 Å². The zero-order valence-electron chi connectivity index (χ0n) is 14.2. The van der Waals surface area contributed by atoms with Gasteiger partial charge in [0.1, 0.15) is 11.5 Å². The molecule has 1 N–H and O–H groups in total. The van der Waals surface area contributed by atoms with Gasteiger partial charge in [0.05, 0.1) is 0 Å². The summed E-state index contributed by atoms with van der Waals surface area (Å²) in [5.74, 6) is -0.504. The Morgan fingerprint density at radius 3 is 1.73 bits per heavy atom. The maximum Gasteiger partial charge on any atom is 0.371 e. The van der Waals surface area contributed by atoms with Crippen molar-refractivity contribution in [2.24, 2.45) is 0 Å². The number of benzene rings is 3. The van der Waals surface area contributed by atoms with Crippen LogP contribution in [0.15, 0.2) is 84.9 Å². The monoisotopic (exact) mass is 370 g/mol. The Labute approximate surface area is 157 Å². The van der Waals surface area contributed by atoms with Crippen LogP contribution in [-0.4, -0.2) is 11.1 Å². The fourth-order valence-electron chi connectivity index (χ4n) is 2.42. The van der Waals surface area contributed by atoms with Crippen LogP contribution in [0.4, 0.5) is 0 Å². The minimum atomic E-state index is -1.58. The Morgan fingerprint density at radius 2 is 1.23 bits per heavy atom. The number of ether oxygens (including phenoxy) is 3. The first kappa shape index (κ1) is 18.3. The molecule has 134 valence electrons. The molecule has 0 saturated heterocycles. The first-order valence-corrected chi connectivity index (χ1v) is 8.52. The lowest BCUT2D eigenvalue weighted by molar-refractivity contribution is -0.345. The molecular weight excluding hydrogens is 352 g/mol. The molecular formula is C21H19ClO4. The molecule has 0 aromatic heterocycles. The van der Waals surface area contributed by atoms with Crippen molar-refractivity contribution < 1.29 is 19.3 Å². The van der Waals surface area contributed by atoms with E-state index in [-0.39, 0.29) is 0 Å². The van der Waals surface area contributed by atoms with Gasteiger partial charge in [0.25, 0.3) is 0 Å². The normalized spacial score (nSPS) is 12.4. The van der Waals surface area contributed by atoms with E-state index in [1.54, 1.807) is 55.5 Å². The molecule has 0 spiro atoms. The maximum absolute atomic E-state index is 10.5. The van der Waals surface area contributed by atoms with Gasteiger partial charge in [-0.25, -0.2) is 0 Å². The van der Waals surface area contributed by atoms with Crippen molar-refractivity contribution in [1.29, 1.82) is 0 Å². The predicted molar refractivity (Wildman–Crippen MR) is 100 cm³/mol. The SMILES string of the molecule is CC(Oc1ccccc1)(Oc1ccccc1)OC(O)c1ccccc1Cl. The molecule has 0 amide bonds. The van der Waals surface area contributed by atoms with E-state index in [4.69, 9.17) is 25.8 Å². The van der Waals surface area contributed by atoms with Crippen molar-refractivity contribution in [3.05, 3.63) is 95.5 Å². The third-order valence-electron chi connectivity index (χ3n) is 3.59. The van der Waals surface area contributed by atoms with Crippen molar-refractivity contribution in [3.8, 4) is 11.5 Å². The molecule has 0 aliphatic rings. The van der Waals surface area contributed by atoms with Crippen LogP contribution in [0.3, 0.4) is 0 Å². The molecule has 26 heavy (non-hydrogen) atoms. The van der Waals surface area contributed by atoms with E-state index in [2.05, 4.69) is 0 Å². The summed E-state index contributed by atoms with van der Waals surface area (Å²) < 4.78 is 17.5. The second kappa shape index (κ2) is 8.23. The van der Waals surface area contributed by atoms with Gasteiger partial charge in [0, 0.05) is 17.5 Å². The summed E-state index contributed by atoms with van der Waals surface area (Å²) in [5, 5.41) is 10.9. The van der Waals surface area contributed by atoms with Gasteiger partial charge in [0.2, 0.25) is 0 Å². The molecule has 0 heterocycles. The Bertz CT molecular complexity index is 782. The van der Waals surface area contributed by atoms with Gasteiger partial charge in [-0.3, -0.25) is 4.74 Å². The van der Waals surface area contributed by atoms with Crippen LogP contribution in [0.2, 0.25) is 5.02 Å². The Balaban J connectivity index is 1.85. The Hall–Kier alpha value is -2.53. The Morgan fingerprint density at radius 1 is 0.769 bits per heavy atom. The molecule has 0 aliphatic carbocycles. The molecule has 3 rings (SSSR count). The minimum absolute atomic E-state index is 0.391. The lowest BCUT2D eigenvalue weighted by atomic mass is 10.2. The summed E-state index contributed by atoms with van der Waals surface area (Å²) in [4.78, 5) is 0. The van der Waals surface area contributed by atoms with Gasteiger partial charge in [-0.1, -0.05) is 66.2 Å². The highest BCUT2D eigenvalue weighted by molar-refractivity contribution is 6.31. The Kier molecular flexibility index (Phi) is 5.78. The first-order valence-electron chi connectivity index (χ1n) is 8.14. The number of rotatable bonds is 7. The first-order chi connectivity index (χ1) is 12.6. The molecule has 3 aromatic carbocycles. The summed E-state index contributed by atoms with van der Waals surface area (Å²) in [6.45, 7) is 1.59. The summed E-state index contributed by atoms with van der Waals surface area (Å²) >= 11 is 6.15. The highest BCUT2D eigenvalue weighted by Crippen LogP contribution is 2.31. The van der Waals surface area contributed by atoms with E-state index < -0.39 is 12.3 Å². The molecule has 0 saturated carbocycles. The quantitative estimate of drug-likeness (QED) is 0.582. The molecule has 0 fully saturated rings. The zero-order valence-corrected chi connectivity index (χ0v) is 15.0. The van der Waals surface area contributed by atoms with Crippen LogP contribution in [-0.2, 0) is 4.74 Å². The van der Waals surface area contributed by atoms with Crippen molar-refractivity contribution in [1.82, 2.24) is 0 Å². The summed E-state index contributed by atoms with van der Waals surface area (Å²) in [7, 11) is 0. The average Bonchev–Trinajstić information content (AvgIpc) is 2.63. The molecule has 1 unspecified atom stereocenters. The minimum Gasteiger partial charge on any atom is -0.430 e. The van der Waals surface area contributed by atoms with E-state index in [0.717, 1.165) is 0 Å². The number of aliphatic hydroxyl groups excluding tert-OH is 1. The molecule has 0 bridgehead atoms. The van der Waals surface area contributed by atoms with E-state index in [1.165, 1.54) is 0 Å². The van der Waals surface area contributed by atoms with Gasteiger partial charge in [-0.05, 0) is 30.3 Å². The third-order valence-corrected chi connectivity index (χ3v) is 3.93. The van der Waals surface area contributed by atoms with Gasteiger partial charge in [0.15, 0.2) is 6.29 Å². The number of hydrogen-bond acceptors (Lipinski definition) is 4. The summed E-state index contributed by atoms with van der Waals surface area (Å²) in [5.41, 5.74) is 0.425. The van der Waals surface area contributed by atoms with Crippen LogP contribution in [0, 0.1) is 0 Å². The summed E-state index contributed by atoms with van der Waals surface area (Å²) in [6, 6.07) is 25.1. The average molecular weight is 371 g/mol. The molecule has 4 nitrogen and oxygen atoms in total. The van der Waals surface area contributed by atoms with Crippen molar-refractivity contribution in [2.45, 2.75) is 19.2 Å². The van der Waals surface area contributed by atoms with E-state index in [9.17, 15) is 5.11 Å². The summed E-state index contributed by atoms with van der Waals surface area (Å²) in [6.07, 6.45) is -1.33. The van der Waals surface area contributed by atoms with Crippen molar-refractivity contribution in [3.63, 3.8) is 0 Å². The third kappa shape index (κ3) is 4.76. The van der Waals surface area contributed by atoms with Crippen LogP contribution >= 0.6 is 11.6 Å². The lowest BCUT2D eigenvalue weighted by Gasteiger charge is -2.32. The fraction of sp³-hybridized carbons (Fsp3) is 0.143. The molecule has 3 aromatic rings. The smallest absolute Gasteiger partial charge is 0.371 e. The second-order valence-electron chi connectivity index (χ2n) is 5.68. The lowest BCUT2D eigenvalue weighted by Crippen LogP contribution is -2.43. The van der Waals surface area contributed by atoms with E-state index >= 15 is 0 Å². The zero-order chi connectivity index (χ0) is 18.4. The van der Waals surface area contributed by atoms with Crippen LogP contribution in [0.1, 0.15) is 18.8 Å². The number of aliphatic hydroxyl groups is 1. The standard InChI is InChI=1S/C21H19ClO4/c1-21(24-16-10-4-2-5-11-16,25-17-12-6-3-7-13-17)26-20(23)18-14-8-9-15-19(18)22/h2-15,20,23H,1H3. The van der Waals surface area contributed by atoms with Gasteiger partial charge in [-0.15, -0.1) is 0 Å². The fourth-order valence-corrected chi connectivity index (χ4v) is 2.64. The number of hydrogen-bond donors (Lipinski definition) is 1.